The molecule has 0 spiro atoms. The van der Waals surface area contributed by atoms with Crippen molar-refractivity contribution in [2.24, 2.45) is 0 Å². The van der Waals surface area contributed by atoms with Crippen LogP contribution in [0.5, 0.6) is 0 Å². The first-order valence-electron chi connectivity index (χ1n) is 8.39. The van der Waals surface area contributed by atoms with E-state index in [2.05, 4.69) is 30.4 Å². The van der Waals surface area contributed by atoms with Gasteiger partial charge in [0.1, 0.15) is 5.69 Å². The molecule has 0 atom stereocenters. The van der Waals surface area contributed by atoms with Crippen LogP contribution in [-0.2, 0) is 6.42 Å². The van der Waals surface area contributed by atoms with Gasteiger partial charge in [0.2, 0.25) is 11.8 Å². The monoisotopic (exact) mass is 338 g/mol. The Bertz CT molecular complexity index is 867. The van der Waals surface area contributed by atoms with E-state index in [1.54, 1.807) is 0 Å². The largest absolute Gasteiger partial charge is 0.352 e. The van der Waals surface area contributed by atoms with Gasteiger partial charge in [-0.25, -0.2) is 9.97 Å². The fraction of sp³-hybridized carbons (Fsp3) is 0.389. The quantitative estimate of drug-likeness (QED) is 0.760. The number of anilines is 1. The van der Waals surface area contributed by atoms with Gasteiger partial charge in [0.15, 0.2) is 0 Å². The van der Waals surface area contributed by atoms with Gasteiger partial charge in [-0.05, 0) is 52.3 Å². The molecule has 1 N–H and O–H groups in total. The molecule has 0 aliphatic carbocycles. The molecule has 3 aromatic heterocycles. The molecule has 7 heteroatoms. The molecule has 0 saturated heterocycles. The van der Waals surface area contributed by atoms with Crippen LogP contribution < -0.4 is 5.32 Å². The lowest BCUT2D eigenvalue weighted by molar-refractivity contribution is 0.431. The lowest BCUT2D eigenvalue weighted by Gasteiger charge is -2.09. The summed E-state index contributed by atoms with van der Waals surface area (Å²) in [5.41, 5.74) is 4.25. The molecule has 7 nitrogen and oxygen atoms in total. The number of hydrogen-bond acceptors (Lipinski definition) is 7. The smallest absolute Gasteiger partial charge is 0.277 e. The predicted octanol–water partition coefficient (Wildman–Crippen LogP) is 3.59. The van der Waals surface area contributed by atoms with Gasteiger partial charge in [-0.3, -0.25) is 4.98 Å². The summed E-state index contributed by atoms with van der Waals surface area (Å²) in [6.07, 6.45) is 0.798. The first-order valence-corrected chi connectivity index (χ1v) is 8.39. The molecule has 3 heterocycles. The maximum absolute atomic E-state index is 5.44. The number of aryl methyl sites for hydroxylation is 3. The van der Waals surface area contributed by atoms with E-state index in [1.807, 2.05) is 52.8 Å². The Morgan fingerprint density at radius 3 is 2.36 bits per heavy atom. The summed E-state index contributed by atoms with van der Waals surface area (Å²) in [7, 11) is 0. The van der Waals surface area contributed by atoms with E-state index in [9.17, 15) is 0 Å². The summed E-state index contributed by atoms with van der Waals surface area (Å²) in [6.45, 7) is 10.0. The number of nitrogens with one attached hydrogen (secondary N) is 1. The number of pyridine rings is 1. The molecule has 0 aliphatic rings. The van der Waals surface area contributed by atoms with Gasteiger partial charge in [-0.2, -0.15) is 4.98 Å². The minimum atomic E-state index is 0.237. The number of aromatic nitrogens is 5. The Morgan fingerprint density at radius 1 is 1.00 bits per heavy atom. The highest BCUT2D eigenvalue weighted by molar-refractivity contribution is 5.59. The average Bonchev–Trinajstić information content (AvgIpc) is 3.03. The molecule has 0 unspecified atom stereocenters. The lowest BCUT2D eigenvalue weighted by Crippen LogP contribution is -2.13. The van der Waals surface area contributed by atoms with Gasteiger partial charge in [0.25, 0.3) is 5.89 Å². The second-order valence-electron chi connectivity index (χ2n) is 6.28. The maximum atomic E-state index is 5.44. The highest BCUT2D eigenvalue weighted by Gasteiger charge is 2.15. The van der Waals surface area contributed by atoms with Crippen LogP contribution in [0.15, 0.2) is 22.7 Å². The van der Waals surface area contributed by atoms with Crippen molar-refractivity contribution in [2.45, 2.75) is 47.1 Å². The molecule has 0 aliphatic heterocycles. The minimum Gasteiger partial charge on any atom is -0.352 e. The molecule has 25 heavy (non-hydrogen) atoms. The Hall–Kier alpha value is -2.83. The molecular formula is C18H22N6O. The molecule has 0 aromatic carbocycles. The SMILES string of the molecule is CCc1cc(-c2nc(-c3cc(C)nc(C)c3)no2)nc(NC(C)C)n1. The third-order valence-corrected chi connectivity index (χ3v) is 3.54. The standard InChI is InChI=1S/C18H22N6O/c1-6-14-9-15(22-18(21-14)19-10(2)3)17-23-16(24-25-17)13-7-11(4)20-12(5)8-13/h7-10H,6H2,1-5H3,(H,19,21,22). The zero-order chi connectivity index (χ0) is 18.0. The summed E-state index contributed by atoms with van der Waals surface area (Å²) < 4.78 is 5.44. The minimum absolute atomic E-state index is 0.237. The zero-order valence-electron chi connectivity index (χ0n) is 15.2. The third kappa shape index (κ3) is 3.99. The summed E-state index contributed by atoms with van der Waals surface area (Å²) >= 11 is 0. The van der Waals surface area contributed by atoms with Crippen molar-refractivity contribution in [2.75, 3.05) is 5.32 Å². The second kappa shape index (κ2) is 6.96. The number of rotatable bonds is 5. The van der Waals surface area contributed by atoms with Crippen LogP contribution in [0.25, 0.3) is 23.0 Å². The van der Waals surface area contributed by atoms with E-state index in [0.29, 0.717) is 23.4 Å². The number of nitrogens with zero attached hydrogens (tertiary/aromatic N) is 5. The highest BCUT2D eigenvalue weighted by Crippen LogP contribution is 2.23. The van der Waals surface area contributed by atoms with Gasteiger partial charge in [-0.1, -0.05) is 12.1 Å². The van der Waals surface area contributed by atoms with Crippen LogP contribution in [0.1, 0.15) is 37.9 Å². The summed E-state index contributed by atoms with van der Waals surface area (Å²) in [5.74, 6) is 1.48. The Morgan fingerprint density at radius 2 is 1.72 bits per heavy atom. The van der Waals surface area contributed by atoms with Gasteiger partial charge in [0.05, 0.1) is 0 Å². The van der Waals surface area contributed by atoms with Crippen LogP contribution in [0.3, 0.4) is 0 Å². The van der Waals surface area contributed by atoms with Gasteiger partial charge in [0, 0.05) is 28.7 Å². The summed E-state index contributed by atoms with van der Waals surface area (Å²) in [5, 5.41) is 7.32. The highest BCUT2D eigenvalue weighted by atomic mass is 16.5. The first kappa shape index (κ1) is 17.0. The molecule has 0 amide bonds. The maximum Gasteiger partial charge on any atom is 0.277 e. The molecule has 0 fully saturated rings. The molecular weight excluding hydrogens is 316 g/mol. The third-order valence-electron chi connectivity index (χ3n) is 3.54. The Balaban J connectivity index is 1.99. The topological polar surface area (TPSA) is 89.6 Å². The van der Waals surface area contributed by atoms with E-state index < -0.39 is 0 Å². The van der Waals surface area contributed by atoms with E-state index >= 15 is 0 Å². The Labute approximate surface area is 146 Å². The van der Waals surface area contributed by atoms with E-state index in [0.717, 1.165) is 29.1 Å². The van der Waals surface area contributed by atoms with Crippen molar-refractivity contribution in [1.29, 1.82) is 0 Å². The van der Waals surface area contributed by atoms with Crippen LogP contribution in [0, 0.1) is 13.8 Å². The van der Waals surface area contributed by atoms with Crippen LogP contribution >= 0.6 is 0 Å². The van der Waals surface area contributed by atoms with Crippen molar-refractivity contribution in [3.05, 3.63) is 35.3 Å². The molecule has 130 valence electrons. The van der Waals surface area contributed by atoms with Crippen molar-refractivity contribution in [1.82, 2.24) is 25.1 Å². The van der Waals surface area contributed by atoms with Crippen molar-refractivity contribution < 1.29 is 4.52 Å². The fourth-order valence-electron chi connectivity index (χ4n) is 2.52. The summed E-state index contributed by atoms with van der Waals surface area (Å²) in [6, 6.07) is 5.99. The molecule has 0 saturated carbocycles. The van der Waals surface area contributed by atoms with Crippen LogP contribution in [0.4, 0.5) is 5.95 Å². The molecule has 3 aromatic rings. The van der Waals surface area contributed by atoms with Crippen molar-refractivity contribution in [3.8, 4) is 23.0 Å². The molecule has 0 radical (unpaired) electrons. The van der Waals surface area contributed by atoms with Gasteiger partial charge < -0.3 is 9.84 Å². The van der Waals surface area contributed by atoms with Crippen molar-refractivity contribution in [3.63, 3.8) is 0 Å². The normalized spacial score (nSPS) is 11.1. The van der Waals surface area contributed by atoms with E-state index in [-0.39, 0.29) is 6.04 Å². The van der Waals surface area contributed by atoms with Gasteiger partial charge >= 0.3 is 0 Å². The van der Waals surface area contributed by atoms with E-state index in [4.69, 9.17) is 4.52 Å². The second-order valence-corrected chi connectivity index (χ2v) is 6.28. The van der Waals surface area contributed by atoms with Crippen LogP contribution in [-0.4, -0.2) is 31.1 Å². The zero-order valence-corrected chi connectivity index (χ0v) is 15.2. The predicted molar refractivity (Wildman–Crippen MR) is 96.2 cm³/mol. The Kier molecular flexibility index (Phi) is 4.74. The molecule has 0 bridgehead atoms. The van der Waals surface area contributed by atoms with Crippen LogP contribution in [0.2, 0.25) is 0 Å². The van der Waals surface area contributed by atoms with Crippen molar-refractivity contribution >= 4 is 5.95 Å². The lowest BCUT2D eigenvalue weighted by atomic mass is 10.2. The average molecular weight is 338 g/mol. The first-order chi connectivity index (χ1) is 11.9. The van der Waals surface area contributed by atoms with Gasteiger partial charge in [-0.15, -0.1) is 0 Å². The summed E-state index contributed by atoms with van der Waals surface area (Å²) in [4.78, 5) is 17.9. The molecule has 3 rings (SSSR count). The number of hydrogen-bond donors (Lipinski definition) is 1. The van der Waals surface area contributed by atoms with E-state index in [1.165, 1.54) is 0 Å². The fourth-order valence-corrected chi connectivity index (χ4v) is 2.52.